The number of aromatic nitrogens is 3. The van der Waals surface area contributed by atoms with Crippen LogP contribution in [0.25, 0.3) is 11.4 Å². The Morgan fingerprint density at radius 3 is 2.85 bits per heavy atom. The fourth-order valence-electron chi connectivity index (χ4n) is 2.37. The van der Waals surface area contributed by atoms with Crippen LogP contribution in [0.15, 0.2) is 47.6 Å². The molecule has 8 heteroatoms. The zero-order chi connectivity index (χ0) is 19.2. The number of nitrogens with one attached hydrogen (secondary N) is 1. The third-order valence-corrected chi connectivity index (χ3v) is 4.10. The summed E-state index contributed by atoms with van der Waals surface area (Å²) >= 11 is 11.6. The van der Waals surface area contributed by atoms with Crippen molar-refractivity contribution in [3.63, 3.8) is 0 Å². The fourth-order valence-corrected chi connectivity index (χ4v) is 2.82. The standard InChI is InChI=1S/C19H15ClN4O2S/c1-3-9-26-17-15(20)10-13(11-16(17)25-2)12-21-24-18(22-23-19(24)27)14-7-5-4-6-8-14/h1,4-8,10-12H,9H2,2H3,(H,23,27)/b21-12+. The molecule has 0 aliphatic heterocycles. The summed E-state index contributed by atoms with van der Waals surface area (Å²) in [5.41, 5.74) is 1.59. The number of terminal acetylenes is 1. The first kappa shape index (κ1) is 18.7. The molecule has 0 atom stereocenters. The van der Waals surface area contributed by atoms with Gasteiger partial charge >= 0.3 is 0 Å². The first-order chi connectivity index (χ1) is 13.1. The van der Waals surface area contributed by atoms with Crippen molar-refractivity contribution >= 4 is 30.0 Å². The summed E-state index contributed by atoms with van der Waals surface area (Å²) in [6, 6.07) is 13.1. The van der Waals surface area contributed by atoms with Gasteiger partial charge in [0, 0.05) is 5.56 Å². The Balaban J connectivity index is 1.96. The summed E-state index contributed by atoms with van der Waals surface area (Å²) in [4.78, 5) is 0. The molecule has 136 valence electrons. The van der Waals surface area contributed by atoms with Gasteiger partial charge < -0.3 is 9.47 Å². The molecule has 3 aromatic rings. The number of nitrogens with zero attached hydrogens (tertiary/aromatic N) is 3. The maximum absolute atomic E-state index is 6.29. The predicted molar refractivity (Wildman–Crippen MR) is 108 cm³/mol. The molecule has 0 saturated carbocycles. The summed E-state index contributed by atoms with van der Waals surface area (Å²) in [6.45, 7) is 0.0914. The SMILES string of the molecule is C#CCOc1c(Cl)cc(/C=N/n2c(-c3ccccc3)n[nH]c2=S)cc1OC. The monoisotopic (exact) mass is 398 g/mol. The highest BCUT2D eigenvalue weighted by Gasteiger charge is 2.12. The number of benzene rings is 2. The van der Waals surface area contributed by atoms with Crippen LogP contribution >= 0.6 is 23.8 Å². The number of ether oxygens (including phenoxy) is 2. The highest BCUT2D eigenvalue weighted by atomic mass is 35.5. The highest BCUT2D eigenvalue weighted by Crippen LogP contribution is 2.36. The maximum Gasteiger partial charge on any atom is 0.216 e. The van der Waals surface area contributed by atoms with Crippen molar-refractivity contribution in [3.05, 3.63) is 57.8 Å². The summed E-state index contributed by atoms with van der Waals surface area (Å²) < 4.78 is 12.7. The number of H-pyrrole nitrogens is 1. The van der Waals surface area contributed by atoms with E-state index in [1.54, 1.807) is 18.3 Å². The fraction of sp³-hybridized carbons (Fsp3) is 0.105. The lowest BCUT2D eigenvalue weighted by Crippen LogP contribution is -1.99. The van der Waals surface area contributed by atoms with E-state index in [0.717, 1.165) is 5.56 Å². The third kappa shape index (κ3) is 4.19. The van der Waals surface area contributed by atoms with Gasteiger partial charge in [-0.2, -0.15) is 14.9 Å². The zero-order valence-corrected chi connectivity index (χ0v) is 15.9. The number of hydrogen-bond acceptors (Lipinski definition) is 5. The van der Waals surface area contributed by atoms with Crippen LogP contribution in [-0.4, -0.2) is 34.8 Å². The smallest absolute Gasteiger partial charge is 0.216 e. The second-order valence-electron chi connectivity index (χ2n) is 5.30. The Bertz CT molecular complexity index is 1070. The average Bonchev–Trinajstić information content (AvgIpc) is 3.06. The Kier molecular flexibility index (Phi) is 5.91. The first-order valence-corrected chi connectivity index (χ1v) is 8.63. The van der Waals surface area contributed by atoms with Crippen molar-refractivity contribution < 1.29 is 9.47 Å². The average molecular weight is 399 g/mol. The Morgan fingerprint density at radius 2 is 2.15 bits per heavy atom. The molecule has 0 spiro atoms. The van der Waals surface area contributed by atoms with E-state index in [0.29, 0.717) is 32.7 Å². The second-order valence-corrected chi connectivity index (χ2v) is 6.10. The van der Waals surface area contributed by atoms with E-state index in [4.69, 9.17) is 39.7 Å². The van der Waals surface area contributed by atoms with Crippen LogP contribution in [0.5, 0.6) is 11.5 Å². The highest BCUT2D eigenvalue weighted by molar-refractivity contribution is 7.71. The van der Waals surface area contributed by atoms with E-state index in [1.165, 1.54) is 11.8 Å². The molecule has 1 N–H and O–H groups in total. The molecule has 27 heavy (non-hydrogen) atoms. The molecule has 0 aliphatic rings. The molecule has 0 fully saturated rings. The van der Waals surface area contributed by atoms with E-state index in [9.17, 15) is 0 Å². The van der Waals surface area contributed by atoms with Gasteiger partial charge in [-0.1, -0.05) is 47.9 Å². The summed E-state index contributed by atoms with van der Waals surface area (Å²) in [5.74, 6) is 3.84. The minimum absolute atomic E-state index is 0.0914. The van der Waals surface area contributed by atoms with Crippen molar-refractivity contribution in [1.29, 1.82) is 0 Å². The van der Waals surface area contributed by atoms with Crippen molar-refractivity contribution in [2.24, 2.45) is 5.10 Å². The molecule has 2 aromatic carbocycles. The summed E-state index contributed by atoms with van der Waals surface area (Å²) in [6.07, 6.45) is 6.83. The van der Waals surface area contributed by atoms with Crippen molar-refractivity contribution in [3.8, 4) is 35.2 Å². The van der Waals surface area contributed by atoms with E-state index in [2.05, 4.69) is 21.2 Å². The minimum atomic E-state index is 0.0914. The maximum atomic E-state index is 6.29. The van der Waals surface area contributed by atoms with Gasteiger partial charge in [0.05, 0.1) is 18.3 Å². The summed E-state index contributed by atoms with van der Waals surface area (Å²) in [7, 11) is 1.52. The minimum Gasteiger partial charge on any atom is -0.493 e. The molecule has 3 rings (SSSR count). The van der Waals surface area contributed by atoms with E-state index < -0.39 is 0 Å². The molecule has 0 amide bonds. The Hall–Kier alpha value is -3.08. The van der Waals surface area contributed by atoms with E-state index >= 15 is 0 Å². The van der Waals surface area contributed by atoms with Gasteiger partial charge in [0.2, 0.25) is 4.77 Å². The number of halogens is 1. The Labute approximate surface area is 166 Å². The van der Waals surface area contributed by atoms with Crippen molar-refractivity contribution in [2.75, 3.05) is 13.7 Å². The van der Waals surface area contributed by atoms with Gasteiger partial charge in [0.25, 0.3) is 0 Å². The summed E-state index contributed by atoms with van der Waals surface area (Å²) in [5, 5.41) is 11.8. The topological polar surface area (TPSA) is 64.4 Å². The van der Waals surface area contributed by atoms with Gasteiger partial charge in [-0.15, -0.1) is 6.42 Å². The molecule has 0 unspecified atom stereocenters. The number of methoxy groups -OCH3 is 1. The van der Waals surface area contributed by atoms with E-state index in [-0.39, 0.29) is 6.61 Å². The lowest BCUT2D eigenvalue weighted by Gasteiger charge is -2.11. The molecule has 1 heterocycles. The molecule has 0 radical (unpaired) electrons. The van der Waals surface area contributed by atoms with Gasteiger partial charge in [-0.25, -0.2) is 5.10 Å². The number of aromatic amines is 1. The van der Waals surface area contributed by atoms with Crippen LogP contribution in [0, 0.1) is 17.1 Å². The number of hydrogen-bond donors (Lipinski definition) is 1. The largest absolute Gasteiger partial charge is 0.493 e. The molecule has 1 aromatic heterocycles. The molecular formula is C19H15ClN4O2S. The van der Waals surface area contributed by atoms with Gasteiger partial charge in [0.1, 0.15) is 6.61 Å². The van der Waals surface area contributed by atoms with Gasteiger partial charge in [0.15, 0.2) is 17.3 Å². The molecule has 0 aliphatic carbocycles. The third-order valence-electron chi connectivity index (χ3n) is 3.56. The number of rotatable bonds is 6. The van der Waals surface area contributed by atoms with Crippen LogP contribution in [0.2, 0.25) is 5.02 Å². The van der Waals surface area contributed by atoms with Gasteiger partial charge in [-0.3, -0.25) is 0 Å². The molecule has 0 saturated heterocycles. The van der Waals surface area contributed by atoms with Crippen LogP contribution in [0.4, 0.5) is 0 Å². The Morgan fingerprint density at radius 1 is 1.37 bits per heavy atom. The lowest BCUT2D eigenvalue weighted by atomic mass is 10.2. The normalized spacial score (nSPS) is 10.7. The van der Waals surface area contributed by atoms with Crippen LogP contribution in [0.3, 0.4) is 0 Å². The zero-order valence-electron chi connectivity index (χ0n) is 14.3. The predicted octanol–water partition coefficient (Wildman–Crippen LogP) is 4.16. The lowest BCUT2D eigenvalue weighted by molar-refractivity contribution is 0.331. The molecular weight excluding hydrogens is 384 g/mol. The van der Waals surface area contributed by atoms with Crippen molar-refractivity contribution in [2.45, 2.75) is 0 Å². The molecule has 0 bridgehead atoms. The van der Waals surface area contributed by atoms with Crippen LogP contribution in [-0.2, 0) is 0 Å². The van der Waals surface area contributed by atoms with Crippen LogP contribution in [0.1, 0.15) is 5.56 Å². The second kappa shape index (κ2) is 8.54. The van der Waals surface area contributed by atoms with Crippen LogP contribution < -0.4 is 9.47 Å². The molecule has 6 nitrogen and oxygen atoms in total. The first-order valence-electron chi connectivity index (χ1n) is 7.85. The van der Waals surface area contributed by atoms with Crippen molar-refractivity contribution in [1.82, 2.24) is 14.9 Å². The quantitative estimate of drug-likeness (QED) is 0.384. The van der Waals surface area contributed by atoms with Gasteiger partial charge in [-0.05, 0) is 29.9 Å². The van der Waals surface area contributed by atoms with E-state index in [1.807, 2.05) is 30.3 Å².